The van der Waals surface area contributed by atoms with E-state index in [0.29, 0.717) is 13.0 Å². The van der Waals surface area contributed by atoms with Crippen LogP contribution >= 0.6 is 0 Å². The fourth-order valence-electron chi connectivity index (χ4n) is 1.71. The Morgan fingerprint density at radius 3 is 2.38 bits per heavy atom. The van der Waals surface area contributed by atoms with E-state index in [2.05, 4.69) is 0 Å². The van der Waals surface area contributed by atoms with Gasteiger partial charge in [-0.3, -0.25) is 13.9 Å². The number of nitrogens with zero attached hydrogens (tertiary/aromatic N) is 1. The standard InChI is InChI=1S/C13H27NO6S/c1-6-10(2)13(16)19-9-21(17,18)20-12(4)8-14(5)7-11(3)15/h10,12-13,16H,6-9H2,1-5H3. The molecule has 0 amide bonds. The lowest BCUT2D eigenvalue weighted by atomic mass is 10.1. The molecule has 0 heterocycles. The molecular weight excluding hydrogens is 298 g/mol. The third-order valence-corrected chi connectivity index (χ3v) is 3.93. The van der Waals surface area contributed by atoms with Crippen molar-refractivity contribution in [2.24, 2.45) is 5.92 Å². The van der Waals surface area contributed by atoms with E-state index in [0.717, 1.165) is 0 Å². The zero-order chi connectivity index (χ0) is 16.6. The molecule has 8 heteroatoms. The predicted octanol–water partition coefficient (Wildman–Crippen LogP) is 0.581. The van der Waals surface area contributed by atoms with Gasteiger partial charge in [-0.25, -0.2) is 0 Å². The van der Waals surface area contributed by atoms with Crippen LogP contribution < -0.4 is 0 Å². The summed E-state index contributed by atoms with van der Waals surface area (Å²) in [5.41, 5.74) is 0. The minimum absolute atomic E-state index is 0.00688. The number of aliphatic hydroxyl groups is 1. The van der Waals surface area contributed by atoms with E-state index in [4.69, 9.17) is 8.92 Å². The molecule has 0 aromatic carbocycles. The van der Waals surface area contributed by atoms with Crippen molar-refractivity contribution in [1.82, 2.24) is 4.90 Å². The number of ketones is 1. The Labute approximate surface area is 127 Å². The molecule has 0 spiro atoms. The van der Waals surface area contributed by atoms with Gasteiger partial charge in [0.25, 0.3) is 10.1 Å². The van der Waals surface area contributed by atoms with E-state index in [1.807, 2.05) is 6.92 Å². The van der Waals surface area contributed by atoms with Crippen molar-refractivity contribution in [2.45, 2.75) is 46.5 Å². The van der Waals surface area contributed by atoms with Crippen LogP contribution in [0.25, 0.3) is 0 Å². The summed E-state index contributed by atoms with van der Waals surface area (Å²) >= 11 is 0. The van der Waals surface area contributed by atoms with Crippen LogP contribution in [0.3, 0.4) is 0 Å². The molecule has 0 aliphatic heterocycles. The molecule has 3 unspecified atom stereocenters. The largest absolute Gasteiger partial charge is 0.368 e. The van der Waals surface area contributed by atoms with Gasteiger partial charge in [-0.05, 0) is 27.3 Å². The minimum Gasteiger partial charge on any atom is -0.368 e. The molecule has 1 N–H and O–H groups in total. The molecule has 0 aliphatic rings. The molecule has 0 saturated heterocycles. The van der Waals surface area contributed by atoms with Crippen LogP contribution in [0.2, 0.25) is 0 Å². The van der Waals surface area contributed by atoms with Crippen LogP contribution in [0, 0.1) is 5.92 Å². The highest BCUT2D eigenvalue weighted by Gasteiger charge is 2.21. The van der Waals surface area contributed by atoms with Gasteiger partial charge in [-0.15, -0.1) is 0 Å². The van der Waals surface area contributed by atoms with E-state index in [9.17, 15) is 18.3 Å². The van der Waals surface area contributed by atoms with Crippen molar-refractivity contribution in [2.75, 3.05) is 26.1 Å². The molecule has 0 fully saturated rings. The van der Waals surface area contributed by atoms with Crippen LogP contribution in [-0.2, 0) is 23.8 Å². The molecule has 0 rings (SSSR count). The second kappa shape index (κ2) is 9.47. The Morgan fingerprint density at radius 2 is 1.90 bits per heavy atom. The summed E-state index contributed by atoms with van der Waals surface area (Å²) in [6.45, 7) is 7.22. The quantitative estimate of drug-likeness (QED) is 0.439. The molecule has 0 bridgehead atoms. The highest BCUT2D eigenvalue weighted by molar-refractivity contribution is 7.86. The first-order chi connectivity index (χ1) is 9.57. The van der Waals surface area contributed by atoms with Crippen molar-refractivity contribution in [1.29, 1.82) is 0 Å². The maximum Gasteiger partial charge on any atom is 0.292 e. The van der Waals surface area contributed by atoms with Crippen LogP contribution in [0.1, 0.15) is 34.1 Å². The van der Waals surface area contributed by atoms with Gasteiger partial charge < -0.3 is 9.84 Å². The first kappa shape index (κ1) is 20.5. The highest BCUT2D eigenvalue weighted by Crippen LogP contribution is 2.11. The van der Waals surface area contributed by atoms with Gasteiger partial charge in [-0.1, -0.05) is 13.8 Å². The zero-order valence-electron chi connectivity index (χ0n) is 13.4. The van der Waals surface area contributed by atoms with Gasteiger partial charge in [0.1, 0.15) is 5.78 Å². The molecule has 0 radical (unpaired) electrons. The Hall–Kier alpha value is -0.540. The molecular formula is C13H27NO6S. The molecule has 7 nitrogen and oxygen atoms in total. The van der Waals surface area contributed by atoms with Crippen LogP contribution in [0.15, 0.2) is 0 Å². The van der Waals surface area contributed by atoms with Gasteiger partial charge in [0, 0.05) is 12.5 Å². The lowest BCUT2D eigenvalue weighted by Gasteiger charge is -2.21. The summed E-state index contributed by atoms with van der Waals surface area (Å²) in [4.78, 5) is 12.6. The van der Waals surface area contributed by atoms with Gasteiger partial charge >= 0.3 is 0 Å². The van der Waals surface area contributed by atoms with Gasteiger partial charge in [0.15, 0.2) is 12.2 Å². The van der Waals surface area contributed by atoms with E-state index in [-0.39, 0.29) is 18.2 Å². The Kier molecular flexibility index (Phi) is 9.23. The Morgan fingerprint density at radius 1 is 1.33 bits per heavy atom. The van der Waals surface area contributed by atoms with E-state index >= 15 is 0 Å². The molecule has 126 valence electrons. The number of carbonyl (C=O) groups is 1. The maximum atomic E-state index is 11.7. The third-order valence-electron chi connectivity index (χ3n) is 2.89. The van der Waals surface area contributed by atoms with Crippen molar-refractivity contribution in [3.8, 4) is 0 Å². The summed E-state index contributed by atoms with van der Waals surface area (Å²) in [6, 6.07) is 0. The van der Waals surface area contributed by atoms with E-state index < -0.39 is 28.5 Å². The topological polar surface area (TPSA) is 93.1 Å². The molecule has 21 heavy (non-hydrogen) atoms. The number of rotatable bonds is 11. The summed E-state index contributed by atoms with van der Waals surface area (Å²) < 4.78 is 33.3. The van der Waals surface area contributed by atoms with Crippen molar-refractivity contribution >= 4 is 15.9 Å². The Bertz CT molecular complexity index is 411. The zero-order valence-corrected chi connectivity index (χ0v) is 14.2. The summed E-state index contributed by atoms with van der Waals surface area (Å²) in [7, 11) is -2.18. The van der Waals surface area contributed by atoms with E-state index in [1.165, 1.54) is 6.92 Å². The van der Waals surface area contributed by atoms with Crippen molar-refractivity contribution in [3.63, 3.8) is 0 Å². The molecule has 0 aliphatic carbocycles. The molecule has 0 aromatic heterocycles. The third kappa shape index (κ3) is 9.92. The van der Waals surface area contributed by atoms with Gasteiger partial charge in [0.2, 0.25) is 0 Å². The van der Waals surface area contributed by atoms with Crippen LogP contribution in [0.4, 0.5) is 0 Å². The van der Waals surface area contributed by atoms with Crippen LogP contribution in [-0.4, -0.2) is 62.7 Å². The first-order valence-electron chi connectivity index (χ1n) is 6.96. The maximum absolute atomic E-state index is 11.7. The second-order valence-corrected chi connectivity index (χ2v) is 6.97. The molecule has 0 aromatic rings. The van der Waals surface area contributed by atoms with Crippen molar-refractivity contribution in [3.05, 3.63) is 0 Å². The van der Waals surface area contributed by atoms with Gasteiger partial charge in [-0.2, -0.15) is 8.42 Å². The smallest absolute Gasteiger partial charge is 0.292 e. The summed E-state index contributed by atoms with van der Waals surface area (Å²) in [5, 5.41) is 9.57. The summed E-state index contributed by atoms with van der Waals surface area (Å²) in [5.74, 6) is -0.855. The van der Waals surface area contributed by atoms with Gasteiger partial charge in [0.05, 0.1) is 12.6 Å². The number of Topliss-reactive ketones (excluding diaryl/α,β-unsaturated/α-hetero) is 1. The number of carbonyl (C=O) groups excluding carboxylic acids is 1. The molecule has 0 saturated carbocycles. The minimum atomic E-state index is -3.89. The SMILES string of the molecule is CCC(C)C(O)OCS(=O)(=O)OC(C)CN(C)CC(C)=O. The lowest BCUT2D eigenvalue weighted by Crippen LogP contribution is -2.34. The number of hydrogen-bond donors (Lipinski definition) is 1. The number of ether oxygens (including phenoxy) is 1. The fourth-order valence-corrected chi connectivity index (χ4v) is 2.63. The van der Waals surface area contributed by atoms with Crippen molar-refractivity contribution < 1.29 is 27.2 Å². The number of hydrogen-bond acceptors (Lipinski definition) is 7. The Balaban J connectivity index is 4.25. The van der Waals surface area contributed by atoms with E-state index in [1.54, 1.807) is 25.8 Å². The second-order valence-electron chi connectivity index (χ2n) is 5.42. The number of aliphatic hydroxyl groups excluding tert-OH is 1. The monoisotopic (exact) mass is 325 g/mol. The summed E-state index contributed by atoms with van der Waals surface area (Å²) in [6.07, 6.45) is -1.07. The lowest BCUT2D eigenvalue weighted by molar-refractivity contribution is -0.118. The average molecular weight is 325 g/mol. The fraction of sp³-hybridized carbons (Fsp3) is 0.923. The normalized spacial score (nSPS) is 16.7. The number of likely N-dealkylation sites (N-methyl/N-ethyl adjacent to an activating group) is 1. The van der Waals surface area contributed by atoms with Crippen LogP contribution in [0.5, 0.6) is 0 Å². The predicted molar refractivity (Wildman–Crippen MR) is 79.1 cm³/mol. The average Bonchev–Trinajstić information content (AvgIpc) is 2.32. The molecule has 3 atom stereocenters. The first-order valence-corrected chi connectivity index (χ1v) is 8.53. The highest BCUT2D eigenvalue weighted by atomic mass is 32.2.